The monoisotopic (exact) mass is 426 g/mol. The van der Waals surface area contributed by atoms with Crippen LogP contribution in [0.4, 0.5) is 0 Å². The normalized spacial score (nSPS) is 13.3. The lowest BCUT2D eigenvalue weighted by atomic mass is 10.1. The number of pyridine rings is 1. The van der Waals surface area contributed by atoms with Gasteiger partial charge in [-0.25, -0.2) is 9.67 Å². The maximum Gasteiger partial charge on any atom is 0.252 e. The number of nitrogens with zero attached hydrogens (tertiary/aromatic N) is 3. The summed E-state index contributed by atoms with van der Waals surface area (Å²) in [5.41, 5.74) is 6.29. The summed E-state index contributed by atoms with van der Waals surface area (Å²) in [4.78, 5) is 18.2. The summed E-state index contributed by atoms with van der Waals surface area (Å²) in [6, 6.07) is 17.9. The molecule has 5 rings (SSSR count). The summed E-state index contributed by atoms with van der Waals surface area (Å²) in [5, 5.41) is 8.63. The van der Waals surface area contributed by atoms with Gasteiger partial charge in [-0.05, 0) is 62.6 Å². The molecule has 0 saturated heterocycles. The first-order chi connectivity index (χ1) is 15.5. The Labute approximate surface area is 187 Å². The van der Waals surface area contributed by atoms with E-state index in [0.717, 1.165) is 52.3 Å². The third-order valence-corrected chi connectivity index (χ3v) is 5.96. The Bertz CT molecular complexity index is 1290. The van der Waals surface area contributed by atoms with Crippen molar-refractivity contribution in [2.24, 2.45) is 0 Å². The van der Waals surface area contributed by atoms with E-state index < -0.39 is 0 Å². The van der Waals surface area contributed by atoms with E-state index in [2.05, 4.69) is 24.4 Å². The highest BCUT2D eigenvalue weighted by molar-refractivity contribution is 6.06. The van der Waals surface area contributed by atoms with Crippen molar-refractivity contribution in [1.29, 1.82) is 0 Å². The quantitative estimate of drug-likeness (QED) is 0.478. The number of amides is 1. The van der Waals surface area contributed by atoms with E-state index in [0.29, 0.717) is 18.0 Å². The molecule has 4 aromatic rings. The lowest BCUT2D eigenvalue weighted by molar-refractivity contribution is 0.0952. The predicted molar refractivity (Wildman–Crippen MR) is 124 cm³/mol. The van der Waals surface area contributed by atoms with E-state index in [9.17, 15) is 4.79 Å². The lowest BCUT2D eigenvalue weighted by Gasteiger charge is -2.10. The van der Waals surface area contributed by atoms with Gasteiger partial charge in [-0.2, -0.15) is 5.10 Å². The predicted octanol–water partition coefficient (Wildman–Crippen LogP) is 4.85. The molecule has 2 aromatic heterocycles. The van der Waals surface area contributed by atoms with Crippen molar-refractivity contribution in [3.8, 4) is 11.4 Å². The minimum Gasteiger partial charge on any atom is -0.497 e. The molecule has 0 spiro atoms. The fourth-order valence-electron chi connectivity index (χ4n) is 3.96. The van der Waals surface area contributed by atoms with Gasteiger partial charge in [0.15, 0.2) is 5.65 Å². The SMILES string of the molecule is COc1ccc(CNC(=O)c2cc(C3CC3)nc3c2c(C)nn3-c2ccc(C)cc2)cc1. The van der Waals surface area contributed by atoms with Gasteiger partial charge in [-0.15, -0.1) is 0 Å². The topological polar surface area (TPSA) is 69.0 Å². The van der Waals surface area contributed by atoms with E-state index in [-0.39, 0.29) is 5.91 Å². The van der Waals surface area contributed by atoms with Crippen LogP contribution in [0.15, 0.2) is 54.6 Å². The summed E-state index contributed by atoms with van der Waals surface area (Å²) in [6.45, 7) is 4.44. The number of benzene rings is 2. The van der Waals surface area contributed by atoms with E-state index in [1.165, 1.54) is 5.56 Å². The second-order valence-electron chi connectivity index (χ2n) is 8.43. The number of aromatic nitrogens is 3. The molecule has 32 heavy (non-hydrogen) atoms. The average molecular weight is 427 g/mol. The maximum atomic E-state index is 13.3. The molecule has 162 valence electrons. The molecule has 1 saturated carbocycles. The molecular formula is C26H26N4O2. The lowest BCUT2D eigenvalue weighted by Crippen LogP contribution is -2.23. The second kappa shape index (κ2) is 8.11. The molecule has 0 bridgehead atoms. The molecule has 2 aromatic carbocycles. The van der Waals surface area contributed by atoms with Crippen LogP contribution in [-0.4, -0.2) is 27.8 Å². The van der Waals surface area contributed by atoms with Gasteiger partial charge in [0.05, 0.1) is 29.4 Å². The zero-order chi connectivity index (χ0) is 22.2. The highest BCUT2D eigenvalue weighted by Crippen LogP contribution is 2.40. The third-order valence-electron chi connectivity index (χ3n) is 5.96. The smallest absolute Gasteiger partial charge is 0.252 e. The van der Waals surface area contributed by atoms with Gasteiger partial charge >= 0.3 is 0 Å². The number of rotatable bonds is 6. The fraction of sp³-hybridized carbons (Fsp3) is 0.269. The minimum absolute atomic E-state index is 0.110. The molecule has 6 nitrogen and oxygen atoms in total. The number of hydrogen-bond acceptors (Lipinski definition) is 4. The average Bonchev–Trinajstić information content (AvgIpc) is 3.62. The van der Waals surface area contributed by atoms with Crippen molar-refractivity contribution in [2.45, 2.75) is 39.2 Å². The molecule has 0 atom stereocenters. The van der Waals surface area contributed by atoms with Crippen LogP contribution >= 0.6 is 0 Å². The van der Waals surface area contributed by atoms with Crippen LogP contribution in [0, 0.1) is 13.8 Å². The van der Waals surface area contributed by atoms with Crippen molar-refractivity contribution in [1.82, 2.24) is 20.1 Å². The highest BCUT2D eigenvalue weighted by atomic mass is 16.5. The molecule has 1 aliphatic rings. The molecule has 1 amide bonds. The molecule has 2 heterocycles. The van der Waals surface area contributed by atoms with Crippen LogP contribution < -0.4 is 10.1 Å². The molecule has 1 aliphatic carbocycles. The van der Waals surface area contributed by atoms with Crippen LogP contribution in [0.25, 0.3) is 16.7 Å². The number of carbonyl (C=O) groups is 1. The fourth-order valence-corrected chi connectivity index (χ4v) is 3.96. The Morgan fingerprint density at radius 1 is 1.09 bits per heavy atom. The standard InChI is InChI=1S/C26H26N4O2/c1-16-4-10-20(11-5-16)30-25-24(17(2)29-30)22(14-23(28-25)19-8-9-19)26(31)27-15-18-6-12-21(32-3)13-7-18/h4-7,10-14,19H,8-9,15H2,1-3H3,(H,27,31). The molecule has 6 heteroatoms. The number of aryl methyl sites for hydroxylation is 2. The summed E-state index contributed by atoms with van der Waals surface area (Å²) in [7, 11) is 1.64. The number of hydrogen-bond donors (Lipinski definition) is 1. The number of fused-ring (bicyclic) bond motifs is 1. The van der Waals surface area contributed by atoms with Crippen LogP contribution in [0.2, 0.25) is 0 Å². The first-order valence-electron chi connectivity index (χ1n) is 10.9. The van der Waals surface area contributed by atoms with Gasteiger partial charge in [0.25, 0.3) is 5.91 Å². The molecule has 1 fully saturated rings. The largest absolute Gasteiger partial charge is 0.497 e. The van der Waals surface area contributed by atoms with E-state index in [1.807, 2.05) is 54.1 Å². The molecule has 0 aliphatic heterocycles. The van der Waals surface area contributed by atoms with E-state index >= 15 is 0 Å². The summed E-state index contributed by atoms with van der Waals surface area (Å²) in [6.07, 6.45) is 2.23. The number of carbonyl (C=O) groups excluding carboxylic acids is 1. The number of methoxy groups -OCH3 is 1. The van der Waals surface area contributed by atoms with Crippen molar-refractivity contribution in [2.75, 3.05) is 7.11 Å². The summed E-state index contributed by atoms with van der Waals surface area (Å²) < 4.78 is 7.07. The van der Waals surface area contributed by atoms with Crippen molar-refractivity contribution < 1.29 is 9.53 Å². The third kappa shape index (κ3) is 3.84. The highest BCUT2D eigenvalue weighted by Gasteiger charge is 2.29. The Morgan fingerprint density at radius 2 is 1.81 bits per heavy atom. The minimum atomic E-state index is -0.110. The van der Waals surface area contributed by atoms with Crippen LogP contribution in [0.5, 0.6) is 5.75 Å². The molecule has 0 radical (unpaired) electrons. The van der Waals surface area contributed by atoms with Crippen molar-refractivity contribution in [3.05, 3.63) is 82.7 Å². The van der Waals surface area contributed by atoms with Crippen LogP contribution in [0.1, 0.15) is 51.6 Å². The van der Waals surface area contributed by atoms with Gasteiger partial charge in [-0.3, -0.25) is 4.79 Å². The first-order valence-corrected chi connectivity index (χ1v) is 10.9. The zero-order valence-electron chi connectivity index (χ0n) is 18.6. The van der Waals surface area contributed by atoms with Gasteiger partial charge in [0.1, 0.15) is 5.75 Å². The van der Waals surface area contributed by atoms with Crippen molar-refractivity contribution in [3.63, 3.8) is 0 Å². The van der Waals surface area contributed by atoms with Crippen LogP contribution in [-0.2, 0) is 6.54 Å². The maximum absolute atomic E-state index is 13.3. The van der Waals surface area contributed by atoms with Crippen LogP contribution in [0.3, 0.4) is 0 Å². The van der Waals surface area contributed by atoms with Gasteiger partial charge in [0.2, 0.25) is 0 Å². The Kier molecular flexibility index (Phi) is 5.13. The molecule has 1 N–H and O–H groups in total. The van der Waals surface area contributed by atoms with Gasteiger partial charge in [-0.1, -0.05) is 29.8 Å². The zero-order valence-corrected chi connectivity index (χ0v) is 18.6. The Morgan fingerprint density at radius 3 is 2.47 bits per heavy atom. The molecule has 0 unspecified atom stereocenters. The van der Waals surface area contributed by atoms with Gasteiger partial charge < -0.3 is 10.1 Å². The summed E-state index contributed by atoms with van der Waals surface area (Å²) >= 11 is 0. The van der Waals surface area contributed by atoms with Crippen molar-refractivity contribution >= 4 is 16.9 Å². The van der Waals surface area contributed by atoms with E-state index in [1.54, 1.807) is 7.11 Å². The number of nitrogens with one attached hydrogen (secondary N) is 1. The number of ether oxygens (including phenoxy) is 1. The first kappa shape index (κ1) is 20.2. The van der Waals surface area contributed by atoms with E-state index in [4.69, 9.17) is 14.8 Å². The Balaban J connectivity index is 1.52. The molecular weight excluding hydrogens is 400 g/mol. The summed E-state index contributed by atoms with van der Waals surface area (Å²) in [5.74, 6) is 1.11. The second-order valence-corrected chi connectivity index (χ2v) is 8.43. The Hall–Kier alpha value is -3.67. The van der Waals surface area contributed by atoms with Gasteiger partial charge in [0, 0.05) is 18.2 Å².